The maximum atomic E-state index is 12.5. The number of aromatic nitrogens is 1. The summed E-state index contributed by atoms with van der Waals surface area (Å²) in [5, 5.41) is 0.530. The fraction of sp³-hybridized carbons (Fsp3) is 0.0500. The van der Waals surface area contributed by atoms with Gasteiger partial charge < -0.3 is 8.83 Å². The molecule has 7 nitrogen and oxygen atoms in total. The Labute approximate surface area is 164 Å². The smallest absolute Gasteiger partial charge is 0.305 e. The lowest BCUT2D eigenvalue weighted by atomic mass is 10.1. The zero-order valence-corrected chi connectivity index (χ0v) is 15.4. The molecular formula is C20H15N3O4S. The first-order valence-electron chi connectivity index (χ1n) is 8.41. The number of hydrogen-bond acceptors (Lipinski definition) is 6. The van der Waals surface area contributed by atoms with Crippen LogP contribution in [0.4, 0.5) is 0 Å². The summed E-state index contributed by atoms with van der Waals surface area (Å²) < 4.78 is 10.7. The molecule has 0 bridgehead atoms. The normalized spacial score (nSPS) is 10.7. The first-order chi connectivity index (χ1) is 13.7. The first kappa shape index (κ1) is 17.9. The Kier molecular flexibility index (Phi) is 5.11. The van der Waals surface area contributed by atoms with Crippen molar-refractivity contribution < 1.29 is 18.4 Å². The van der Waals surface area contributed by atoms with Gasteiger partial charge >= 0.3 is 5.91 Å². The Morgan fingerprint density at radius 2 is 1.71 bits per heavy atom. The second-order valence-corrected chi connectivity index (χ2v) is 6.71. The molecular weight excluding hydrogens is 378 g/mol. The molecule has 4 rings (SSSR count). The Balaban J connectivity index is 1.42. The van der Waals surface area contributed by atoms with Gasteiger partial charge in [0, 0.05) is 11.3 Å². The minimum Gasteiger partial charge on any atom is -0.459 e. The summed E-state index contributed by atoms with van der Waals surface area (Å²) in [7, 11) is 0. The first-order valence-corrected chi connectivity index (χ1v) is 9.40. The number of oxazole rings is 1. The molecule has 4 aromatic rings. The molecule has 2 N–H and O–H groups in total. The number of furan rings is 1. The Bertz CT molecular complexity index is 1090. The van der Waals surface area contributed by atoms with E-state index in [9.17, 15) is 9.59 Å². The Morgan fingerprint density at radius 1 is 0.929 bits per heavy atom. The molecule has 28 heavy (non-hydrogen) atoms. The number of hydrazine groups is 1. The van der Waals surface area contributed by atoms with Crippen molar-refractivity contribution in [3.63, 3.8) is 0 Å². The van der Waals surface area contributed by atoms with Crippen LogP contribution in [-0.2, 0) is 5.75 Å². The molecule has 0 atom stereocenters. The molecule has 140 valence electrons. The molecule has 0 radical (unpaired) electrons. The van der Waals surface area contributed by atoms with E-state index in [-0.39, 0.29) is 5.76 Å². The molecule has 0 aliphatic carbocycles. The quantitative estimate of drug-likeness (QED) is 0.396. The summed E-state index contributed by atoms with van der Waals surface area (Å²) in [5.74, 6) is -0.354. The van der Waals surface area contributed by atoms with Crippen molar-refractivity contribution in [2.45, 2.75) is 11.0 Å². The molecule has 2 amide bonds. The van der Waals surface area contributed by atoms with Crippen LogP contribution in [0.15, 0.2) is 81.0 Å². The van der Waals surface area contributed by atoms with Crippen LogP contribution in [0, 0.1) is 0 Å². The maximum Gasteiger partial charge on any atom is 0.305 e. The Hall–Kier alpha value is -3.52. The molecule has 0 aliphatic rings. The van der Waals surface area contributed by atoms with Gasteiger partial charge in [-0.15, -0.1) is 0 Å². The van der Waals surface area contributed by atoms with Crippen LogP contribution in [0.2, 0.25) is 0 Å². The lowest BCUT2D eigenvalue weighted by Gasteiger charge is -2.09. The highest BCUT2D eigenvalue weighted by molar-refractivity contribution is 7.98. The maximum absolute atomic E-state index is 12.5. The molecule has 0 saturated heterocycles. The van der Waals surface area contributed by atoms with Gasteiger partial charge in [0.05, 0.1) is 6.26 Å². The molecule has 2 heterocycles. The van der Waals surface area contributed by atoms with Gasteiger partial charge in [0.15, 0.2) is 11.3 Å². The lowest BCUT2D eigenvalue weighted by Crippen LogP contribution is -2.41. The number of amides is 2. The number of thioether (sulfide) groups is 1. The van der Waals surface area contributed by atoms with Crippen LogP contribution in [-0.4, -0.2) is 16.8 Å². The van der Waals surface area contributed by atoms with Gasteiger partial charge in [-0.05, 0) is 35.9 Å². The third kappa shape index (κ3) is 3.91. The monoisotopic (exact) mass is 393 g/mol. The number of benzene rings is 2. The third-order valence-electron chi connectivity index (χ3n) is 3.92. The topological polar surface area (TPSA) is 97.4 Å². The highest BCUT2D eigenvalue weighted by Gasteiger charge is 2.15. The highest BCUT2D eigenvalue weighted by Crippen LogP contribution is 2.27. The number of nitrogens with zero attached hydrogens (tertiary/aromatic N) is 1. The lowest BCUT2D eigenvalue weighted by molar-refractivity contribution is 0.0830. The van der Waals surface area contributed by atoms with E-state index in [0.29, 0.717) is 16.5 Å². The predicted octanol–water partition coefficient (Wildman–Crippen LogP) is 3.79. The zero-order valence-electron chi connectivity index (χ0n) is 14.5. The van der Waals surface area contributed by atoms with Crippen LogP contribution in [0.3, 0.4) is 0 Å². The average Bonchev–Trinajstić information content (AvgIpc) is 3.40. The van der Waals surface area contributed by atoms with Crippen molar-refractivity contribution >= 4 is 34.7 Å². The van der Waals surface area contributed by atoms with Gasteiger partial charge in [-0.1, -0.05) is 42.1 Å². The molecule has 0 spiro atoms. The largest absolute Gasteiger partial charge is 0.459 e. The van der Waals surface area contributed by atoms with Gasteiger partial charge in [0.1, 0.15) is 5.52 Å². The number of fused-ring (bicyclic) bond motifs is 1. The van der Waals surface area contributed by atoms with E-state index in [1.54, 1.807) is 18.2 Å². The second kappa shape index (κ2) is 8.01. The highest BCUT2D eigenvalue weighted by atomic mass is 32.2. The predicted molar refractivity (Wildman–Crippen MR) is 104 cm³/mol. The Morgan fingerprint density at radius 3 is 2.54 bits per heavy atom. The van der Waals surface area contributed by atoms with Gasteiger partial charge in [0.2, 0.25) is 0 Å². The van der Waals surface area contributed by atoms with Crippen LogP contribution >= 0.6 is 11.8 Å². The van der Waals surface area contributed by atoms with Crippen LogP contribution in [0.5, 0.6) is 0 Å². The van der Waals surface area contributed by atoms with Crippen molar-refractivity contribution in [1.82, 2.24) is 15.8 Å². The van der Waals surface area contributed by atoms with Crippen LogP contribution < -0.4 is 10.9 Å². The van der Waals surface area contributed by atoms with E-state index < -0.39 is 11.8 Å². The number of nitrogens with one attached hydrogen (secondary N) is 2. The summed E-state index contributed by atoms with van der Waals surface area (Å²) in [5.41, 5.74) is 7.48. The molecule has 0 aliphatic heterocycles. The number of para-hydroxylation sites is 2. The van der Waals surface area contributed by atoms with Gasteiger partial charge in [-0.25, -0.2) is 4.98 Å². The summed E-state index contributed by atoms with van der Waals surface area (Å²) in [6.45, 7) is 0. The summed E-state index contributed by atoms with van der Waals surface area (Å²) in [6.07, 6.45) is 1.38. The second-order valence-electron chi connectivity index (χ2n) is 5.78. The van der Waals surface area contributed by atoms with E-state index >= 15 is 0 Å². The SMILES string of the molecule is O=C(NNC(=O)c1ccccc1CSc1nc2ccccc2o1)c1ccco1. The number of carbonyl (C=O) groups is 2. The van der Waals surface area contributed by atoms with Gasteiger partial charge in [-0.3, -0.25) is 20.4 Å². The van der Waals surface area contributed by atoms with Crippen molar-refractivity contribution in [2.24, 2.45) is 0 Å². The van der Waals surface area contributed by atoms with Crippen molar-refractivity contribution in [3.05, 3.63) is 83.8 Å². The molecule has 2 aromatic heterocycles. The summed E-state index contributed by atoms with van der Waals surface area (Å²) >= 11 is 1.39. The van der Waals surface area contributed by atoms with Crippen molar-refractivity contribution in [3.8, 4) is 0 Å². The van der Waals surface area contributed by atoms with E-state index in [4.69, 9.17) is 8.83 Å². The van der Waals surface area contributed by atoms with E-state index in [0.717, 1.165) is 16.7 Å². The fourth-order valence-corrected chi connectivity index (χ4v) is 3.41. The number of hydrogen-bond donors (Lipinski definition) is 2. The summed E-state index contributed by atoms with van der Waals surface area (Å²) in [6, 6.07) is 17.8. The van der Waals surface area contributed by atoms with Crippen molar-refractivity contribution in [2.75, 3.05) is 0 Å². The third-order valence-corrected chi connectivity index (χ3v) is 4.80. The van der Waals surface area contributed by atoms with E-state index in [2.05, 4.69) is 15.8 Å². The number of carbonyl (C=O) groups excluding carboxylic acids is 2. The van der Waals surface area contributed by atoms with Crippen molar-refractivity contribution in [1.29, 1.82) is 0 Å². The summed E-state index contributed by atoms with van der Waals surface area (Å²) in [4.78, 5) is 28.8. The molecule has 8 heteroatoms. The molecule has 0 fully saturated rings. The minimum absolute atomic E-state index is 0.111. The number of rotatable bonds is 5. The molecule has 0 saturated carbocycles. The standard InChI is InChI=1S/C20H15N3O4S/c24-18(22-23-19(25)17-10-5-11-26-17)14-7-2-1-6-13(14)12-28-20-21-15-8-3-4-9-16(15)27-20/h1-11H,12H2,(H,22,24)(H,23,25). The molecule has 2 aromatic carbocycles. The van der Waals surface area contributed by atoms with Gasteiger partial charge in [0.25, 0.3) is 11.1 Å². The van der Waals surface area contributed by atoms with Crippen LogP contribution in [0.1, 0.15) is 26.5 Å². The van der Waals surface area contributed by atoms with E-state index in [1.807, 2.05) is 36.4 Å². The van der Waals surface area contributed by atoms with Gasteiger partial charge in [-0.2, -0.15) is 0 Å². The van der Waals surface area contributed by atoms with E-state index in [1.165, 1.54) is 24.1 Å². The van der Waals surface area contributed by atoms with Crippen LogP contribution in [0.25, 0.3) is 11.1 Å². The molecule has 0 unspecified atom stereocenters. The zero-order chi connectivity index (χ0) is 19.3. The fourth-order valence-electron chi connectivity index (χ4n) is 2.57. The average molecular weight is 393 g/mol. The minimum atomic E-state index is -0.531.